The second kappa shape index (κ2) is 9.11. The zero-order valence-corrected chi connectivity index (χ0v) is 15.3. The fourth-order valence-electron chi connectivity index (χ4n) is 2.67. The maximum Gasteiger partial charge on any atom is 0.227 e. The lowest BCUT2D eigenvalue weighted by molar-refractivity contribution is -0.116. The molecule has 5 nitrogen and oxygen atoms in total. The number of carbonyl (C=O) groups excluding carboxylic acids is 1. The van der Waals surface area contributed by atoms with Crippen LogP contribution in [0, 0.1) is 0 Å². The van der Waals surface area contributed by atoms with E-state index in [9.17, 15) is 4.79 Å². The molecule has 0 bridgehead atoms. The van der Waals surface area contributed by atoms with Crippen LogP contribution >= 0.6 is 24.2 Å². The third-order valence-corrected chi connectivity index (χ3v) is 5.12. The first-order valence-electron chi connectivity index (χ1n) is 7.93. The van der Waals surface area contributed by atoms with Gasteiger partial charge < -0.3 is 10.6 Å². The molecular formula is C17H23ClN4OS. The van der Waals surface area contributed by atoms with Gasteiger partial charge in [0.1, 0.15) is 0 Å². The Bertz CT molecular complexity index is 643. The fraction of sp³-hybridized carbons (Fsp3) is 0.412. The average molecular weight is 367 g/mol. The predicted octanol–water partition coefficient (Wildman–Crippen LogP) is 2.95. The largest absolute Gasteiger partial charge is 0.312 e. The van der Waals surface area contributed by atoms with E-state index in [0.29, 0.717) is 12.2 Å². The fourth-order valence-corrected chi connectivity index (χ4v) is 3.62. The van der Waals surface area contributed by atoms with E-state index in [-0.39, 0.29) is 30.4 Å². The molecule has 1 aromatic heterocycles. The number of rotatable bonds is 5. The molecule has 0 radical (unpaired) electrons. The smallest absolute Gasteiger partial charge is 0.227 e. The number of nitrogens with one attached hydrogen (secondary N) is 2. The SMILES string of the molecule is CC(c1ccccc1)n1ccc(NC(=O)CC2CSCCN2)n1.Cl. The molecule has 2 N–H and O–H groups in total. The van der Waals surface area contributed by atoms with E-state index < -0.39 is 0 Å². The highest BCUT2D eigenvalue weighted by molar-refractivity contribution is 7.99. The van der Waals surface area contributed by atoms with Crippen molar-refractivity contribution in [2.75, 3.05) is 23.4 Å². The molecule has 1 aliphatic heterocycles. The van der Waals surface area contributed by atoms with Crippen molar-refractivity contribution < 1.29 is 4.79 Å². The summed E-state index contributed by atoms with van der Waals surface area (Å²) in [7, 11) is 0. The van der Waals surface area contributed by atoms with Gasteiger partial charge >= 0.3 is 0 Å². The van der Waals surface area contributed by atoms with Gasteiger partial charge in [-0.05, 0) is 12.5 Å². The van der Waals surface area contributed by atoms with Gasteiger partial charge in [0, 0.05) is 42.8 Å². The second-order valence-corrected chi connectivity index (χ2v) is 6.90. The van der Waals surface area contributed by atoms with E-state index in [2.05, 4.69) is 34.8 Å². The third-order valence-electron chi connectivity index (χ3n) is 3.98. The number of benzene rings is 1. The van der Waals surface area contributed by atoms with Gasteiger partial charge in [-0.25, -0.2) is 0 Å². The highest BCUT2D eigenvalue weighted by Gasteiger charge is 2.17. The molecular weight excluding hydrogens is 344 g/mol. The molecule has 1 aliphatic rings. The van der Waals surface area contributed by atoms with E-state index in [0.717, 1.165) is 18.1 Å². The van der Waals surface area contributed by atoms with E-state index >= 15 is 0 Å². The van der Waals surface area contributed by atoms with Gasteiger partial charge in [0.2, 0.25) is 5.91 Å². The van der Waals surface area contributed by atoms with Crippen LogP contribution < -0.4 is 10.6 Å². The Kier molecular flexibility index (Phi) is 7.15. The summed E-state index contributed by atoms with van der Waals surface area (Å²) in [5.41, 5.74) is 1.19. The molecule has 2 aromatic rings. The summed E-state index contributed by atoms with van der Waals surface area (Å²) in [5, 5.41) is 10.7. The predicted molar refractivity (Wildman–Crippen MR) is 102 cm³/mol. The van der Waals surface area contributed by atoms with Gasteiger partial charge in [-0.2, -0.15) is 16.9 Å². The number of amides is 1. The van der Waals surface area contributed by atoms with Gasteiger partial charge in [-0.15, -0.1) is 12.4 Å². The number of anilines is 1. The molecule has 1 fully saturated rings. The van der Waals surface area contributed by atoms with Crippen LogP contribution in [0.3, 0.4) is 0 Å². The van der Waals surface area contributed by atoms with Crippen LogP contribution in [0.1, 0.15) is 24.9 Å². The normalized spacial score (nSPS) is 18.5. The van der Waals surface area contributed by atoms with Crippen molar-refractivity contribution in [1.29, 1.82) is 0 Å². The molecule has 2 heterocycles. The van der Waals surface area contributed by atoms with Gasteiger partial charge in [0.05, 0.1) is 6.04 Å². The van der Waals surface area contributed by atoms with Crippen LogP contribution in [0.4, 0.5) is 5.82 Å². The Labute approximate surface area is 153 Å². The van der Waals surface area contributed by atoms with Crippen molar-refractivity contribution in [3.05, 3.63) is 48.2 Å². The Morgan fingerprint density at radius 3 is 2.92 bits per heavy atom. The van der Waals surface area contributed by atoms with Gasteiger partial charge in [-0.3, -0.25) is 9.48 Å². The quantitative estimate of drug-likeness (QED) is 0.854. The van der Waals surface area contributed by atoms with Crippen LogP contribution in [0.5, 0.6) is 0 Å². The van der Waals surface area contributed by atoms with Crippen LogP contribution in [-0.2, 0) is 4.79 Å². The number of thioether (sulfide) groups is 1. The number of nitrogens with zero attached hydrogens (tertiary/aromatic N) is 2. The van der Waals surface area contributed by atoms with Crippen molar-refractivity contribution >= 4 is 35.9 Å². The zero-order chi connectivity index (χ0) is 16.1. The topological polar surface area (TPSA) is 59.0 Å². The summed E-state index contributed by atoms with van der Waals surface area (Å²) in [4.78, 5) is 12.1. The summed E-state index contributed by atoms with van der Waals surface area (Å²) in [6.07, 6.45) is 2.40. The van der Waals surface area contributed by atoms with E-state index in [4.69, 9.17) is 0 Å². The van der Waals surface area contributed by atoms with Crippen LogP contribution in [-0.4, -0.2) is 39.8 Å². The lowest BCUT2D eigenvalue weighted by atomic mass is 10.1. The maximum atomic E-state index is 12.1. The highest BCUT2D eigenvalue weighted by Crippen LogP contribution is 2.18. The molecule has 7 heteroatoms. The van der Waals surface area contributed by atoms with E-state index in [1.54, 1.807) is 0 Å². The molecule has 0 aliphatic carbocycles. The summed E-state index contributed by atoms with van der Waals surface area (Å²) >= 11 is 1.89. The minimum absolute atomic E-state index is 0. The number of hydrogen-bond donors (Lipinski definition) is 2. The Morgan fingerprint density at radius 1 is 1.42 bits per heavy atom. The maximum absolute atomic E-state index is 12.1. The first-order chi connectivity index (χ1) is 11.2. The van der Waals surface area contributed by atoms with Crippen LogP contribution in [0.15, 0.2) is 42.6 Å². The van der Waals surface area contributed by atoms with Crippen molar-refractivity contribution in [2.24, 2.45) is 0 Å². The summed E-state index contributed by atoms with van der Waals surface area (Å²) in [6, 6.07) is 12.5. The van der Waals surface area contributed by atoms with Crippen molar-refractivity contribution in [2.45, 2.75) is 25.4 Å². The van der Waals surface area contributed by atoms with Crippen molar-refractivity contribution in [1.82, 2.24) is 15.1 Å². The molecule has 1 aromatic carbocycles. The summed E-state index contributed by atoms with van der Waals surface area (Å²) in [5.74, 6) is 2.75. The number of aromatic nitrogens is 2. The zero-order valence-electron chi connectivity index (χ0n) is 13.6. The molecule has 2 unspecified atom stereocenters. The molecule has 24 heavy (non-hydrogen) atoms. The van der Waals surface area contributed by atoms with E-state index in [1.165, 1.54) is 5.56 Å². The standard InChI is InChI=1S/C17H22N4OS.ClH/c1-13(14-5-3-2-4-6-14)21-9-7-16(20-21)19-17(22)11-15-12-23-10-8-18-15;/h2-7,9,13,15,18H,8,10-12H2,1H3,(H,19,20,22);1H. The third kappa shape index (κ3) is 5.00. The molecule has 2 atom stereocenters. The first kappa shape index (κ1) is 18.8. The molecule has 1 saturated heterocycles. The molecule has 3 rings (SSSR count). The van der Waals surface area contributed by atoms with Gasteiger partial charge in [0.15, 0.2) is 5.82 Å². The van der Waals surface area contributed by atoms with Gasteiger partial charge in [-0.1, -0.05) is 30.3 Å². The van der Waals surface area contributed by atoms with Crippen LogP contribution in [0.25, 0.3) is 0 Å². The van der Waals surface area contributed by atoms with Crippen molar-refractivity contribution in [3.63, 3.8) is 0 Å². The summed E-state index contributed by atoms with van der Waals surface area (Å²) < 4.78 is 1.87. The van der Waals surface area contributed by atoms with Crippen molar-refractivity contribution in [3.8, 4) is 0 Å². The number of carbonyl (C=O) groups is 1. The monoisotopic (exact) mass is 366 g/mol. The molecule has 1 amide bonds. The number of halogens is 1. The number of hydrogen-bond acceptors (Lipinski definition) is 4. The first-order valence-corrected chi connectivity index (χ1v) is 9.09. The lowest BCUT2D eigenvalue weighted by Gasteiger charge is -2.22. The second-order valence-electron chi connectivity index (χ2n) is 5.75. The van der Waals surface area contributed by atoms with E-state index in [1.807, 2.05) is 46.9 Å². The lowest BCUT2D eigenvalue weighted by Crippen LogP contribution is -2.39. The highest BCUT2D eigenvalue weighted by atomic mass is 35.5. The van der Waals surface area contributed by atoms with Gasteiger partial charge in [0.25, 0.3) is 0 Å². The molecule has 0 spiro atoms. The average Bonchev–Trinajstić information content (AvgIpc) is 3.04. The molecule has 0 saturated carbocycles. The minimum Gasteiger partial charge on any atom is -0.312 e. The minimum atomic E-state index is 0. The Balaban J connectivity index is 0.00000208. The van der Waals surface area contributed by atoms with Crippen LogP contribution in [0.2, 0.25) is 0 Å². The Morgan fingerprint density at radius 2 is 2.21 bits per heavy atom. The molecule has 130 valence electrons. The Hall–Kier alpha value is -1.50. The summed E-state index contributed by atoms with van der Waals surface area (Å²) in [6.45, 7) is 3.07.